The van der Waals surface area contributed by atoms with Gasteiger partial charge in [0.2, 0.25) is 0 Å². The zero-order valence-corrected chi connectivity index (χ0v) is 13.5. The van der Waals surface area contributed by atoms with E-state index in [0.29, 0.717) is 37.0 Å². The van der Waals surface area contributed by atoms with Crippen molar-refractivity contribution in [1.82, 2.24) is 10.6 Å². The van der Waals surface area contributed by atoms with Crippen molar-refractivity contribution >= 4 is 23.5 Å². The van der Waals surface area contributed by atoms with Gasteiger partial charge in [0.25, 0.3) is 5.91 Å². The molecule has 7 heteroatoms. The number of hydrogen-bond acceptors (Lipinski definition) is 4. The molecule has 0 aliphatic heterocycles. The number of nitrogens with one attached hydrogen (secondary N) is 2. The molecule has 122 valence electrons. The van der Waals surface area contributed by atoms with Gasteiger partial charge in [-0.25, -0.2) is 4.79 Å². The highest BCUT2D eigenvalue weighted by Gasteiger charge is 2.09. The van der Waals surface area contributed by atoms with Gasteiger partial charge >= 0.3 is 6.03 Å². The Balaban J connectivity index is 2.23. The Bertz CT molecular complexity index is 508. The van der Waals surface area contributed by atoms with Crippen LogP contribution < -0.4 is 15.4 Å². The average Bonchev–Trinajstić information content (AvgIpc) is 2.46. The summed E-state index contributed by atoms with van der Waals surface area (Å²) >= 11 is 5.83. The first-order valence-corrected chi connectivity index (χ1v) is 7.45. The molecule has 1 rings (SSSR count). The van der Waals surface area contributed by atoms with Crippen molar-refractivity contribution in [3.8, 4) is 5.75 Å². The highest BCUT2D eigenvalue weighted by Crippen LogP contribution is 2.21. The van der Waals surface area contributed by atoms with Crippen molar-refractivity contribution in [3.05, 3.63) is 28.8 Å². The molecule has 0 saturated carbocycles. The highest BCUT2D eigenvalue weighted by atomic mass is 35.5. The summed E-state index contributed by atoms with van der Waals surface area (Å²) in [5.74, 6) is 0.0355. The fraction of sp³-hybridized carbons (Fsp3) is 0.467. The first kappa shape index (κ1) is 18.3. The molecule has 0 unspecified atom stereocenters. The smallest absolute Gasteiger partial charge is 0.321 e. The van der Waals surface area contributed by atoms with E-state index in [0.717, 1.165) is 5.56 Å². The van der Waals surface area contributed by atoms with Crippen LogP contribution >= 0.6 is 11.6 Å². The number of amides is 3. The predicted molar refractivity (Wildman–Crippen MR) is 84.3 cm³/mol. The van der Waals surface area contributed by atoms with Crippen molar-refractivity contribution in [3.63, 3.8) is 0 Å². The summed E-state index contributed by atoms with van der Waals surface area (Å²) in [4.78, 5) is 23.0. The minimum atomic E-state index is -0.544. The first-order chi connectivity index (χ1) is 10.5. The van der Waals surface area contributed by atoms with Crippen molar-refractivity contribution in [2.45, 2.75) is 20.3 Å². The SMILES string of the molecule is CCOCCCNC(=O)NC(=O)COc1ccc(Cl)cc1C. The van der Waals surface area contributed by atoms with Crippen LogP contribution in [0.3, 0.4) is 0 Å². The second-order valence-electron chi connectivity index (χ2n) is 4.55. The Morgan fingerprint density at radius 1 is 1.32 bits per heavy atom. The average molecular weight is 329 g/mol. The van der Waals surface area contributed by atoms with Crippen molar-refractivity contribution < 1.29 is 19.1 Å². The molecule has 0 aliphatic carbocycles. The van der Waals surface area contributed by atoms with Gasteiger partial charge in [0.05, 0.1) is 0 Å². The number of aryl methyl sites for hydroxylation is 1. The quantitative estimate of drug-likeness (QED) is 0.718. The van der Waals surface area contributed by atoms with E-state index in [2.05, 4.69) is 10.6 Å². The van der Waals surface area contributed by atoms with Gasteiger partial charge in [-0.15, -0.1) is 0 Å². The van der Waals surface area contributed by atoms with Crippen LogP contribution in [0.1, 0.15) is 18.9 Å². The number of imide groups is 1. The van der Waals surface area contributed by atoms with Crippen LogP contribution in [0.4, 0.5) is 4.79 Å². The van der Waals surface area contributed by atoms with Crippen molar-refractivity contribution in [1.29, 1.82) is 0 Å². The predicted octanol–water partition coefficient (Wildman–Crippen LogP) is 2.28. The summed E-state index contributed by atoms with van der Waals surface area (Å²) in [5, 5.41) is 5.35. The maximum absolute atomic E-state index is 11.6. The standard InChI is InChI=1S/C15H21ClN2O4/c1-3-21-8-4-7-17-15(20)18-14(19)10-22-13-6-5-12(16)9-11(13)2/h5-6,9H,3-4,7-8,10H2,1-2H3,(H2,17,18,19,20). The number of carbonyl (C=O) groups excluding carboxylic acids is 2. The molecule has 0 atom stereocenters. The minimum Gasteiger partial charge on any atom is -0.483 e. The molecule has 0 aliphatic rings. The number of ether oxygens (including phenoxy) is 2. The summed E-state index contributed by atoms with van der Waals surface area (Å²) in [6.07, 6.45) is 0.690. The Hall–Kier alpha value is -1.79. The minimum absolute atomic E-state index is 0.241. The third-order valence-electron chi connectivity index (χ3n) is 2.70. The largest absolute Gasteiger partial charge is 0.483 e. The monoisotopic (exact) mass is 328 g/mol. The molecule has 0 bridgehead atoms. The van der Waals surface area contributed by atoms with E-state index in [1.54, 1.807) is 18.2 Å². The van der Waals surface area contributed by atoms with Gasteiger partial charge in [-0.3, -0.25) is 10.1 Å². The Morgan fingerprint density at radius 2 is 2.09 bits per heavy atom. The zero-order valence-electron chi connectivity index (χ0n) is 12.8. The molecule has 1 aromatic carbocycles. The van der Waals surface area contributed by atoms with Gasteiger partial charge in [0, 0.05) is 24.8 Å². The number of urea groups is 1. The van der Waals surface area contributed by atoms with Gasteiger partial charge in [0.1, 0.15) is 5.75 Å². The van der Waals surface area contributed by atoms with E-state index in [9.17, 15) is 9.59 Å². The van der Waals surface area contributed by atoms with E-state index in [-0.39, 0.29) is 6.61 Å². The molecule has 22 heavy (non-hydrogen) atoms. The van der Waals surface area contributed by atoms with Gasteiger partial charge in [-0.05, 0) is 44.0 Å². The van der Waals surface area contributed by atoms with Gasteiger partial charge < -0.3 is 14.8 Å². The van der Waals surface area contributed by atoms with Crippen LogP contribution in [0, 0.1) is 6.92 Å². The topological polar surface area (TPSA) is 76.7 Å². The molecule has 0 saturated heterocycles. The maximum atomic E-state index is 11.6. The van der Waals surface area contributed by atoms with Crippen molar-refractivity contribution in [2.24, 2.45) is 0 Å². The third kappa shape index (κ3) is 7.28. The van der Waals surface area contributed by atoms with E-state index in [1.807, 2.05) is 13.8 Å². The van der Waals surface area contributed by atoms with E-state index >= 15 is 0 Å². The zero-order chi connectivity index (χ0) is 16.4. The number of halogens is 1. The summed E-state index contributed by atoms with van der Waals surface area (Å²) in [5.41, 5.74) is 0.820. The molecule has 0 fully saturated rings. The second kappa shape index (κ2) is 10.0. The fourth-order valence-electron chi connectivity index (χ4n) is 1.65. The molecule has 6 nitrogen and oxygen atoms in total. The number of carbonyl (C=O) groups is 2. The molecule has 0 heterocycles. The Kier molecular flexibility index (Phi) is 8.32. The van der Waals surface area contributed by atoms with Gasteiger partial charge in [-0.1, -0.05) is 11.6 Å². The fourth-order valence-corrected chi connectivity index (χ4v) is 1.87. The lowest BCUT2D eigenvalue weighted by atomic mass is 10.2. The molecule has 0 spiro atoms. The third-order valence-corrected chi connectivity index (χ3v) is 2.94. The highest BCUT2D eigenvalue weighted by molar-refractivity contribution is 6.30. The summed E-state index contributed by atoms with van der Waals surface area (Å²) in [6, 6.07) is 4.55. The number of rotatable bonds is 8. The summed E-state index contributed by atoms with van der Waals surface area (Å²) in [6.45, 7) is 5.15. The van der Waals surface area contributed by atoms with Crippen LogP contribution in [-0.2, 0) is 9.53 Å². The van der Waals surface area contributed by atoms with E-state index < -0.39 is 11.9 Å². The normalized spacial score (nSPS) is 10.1. The van der Waals surface area contributed by atoms with Crippen LogP contribution in [0.5, 0.6) is 5.75 Å². The summed E-state index contributed by atoms with van der Waals surface area (Å²) < 4.78 is 10.5. The maximum Gasteiger partial charge on any atom is 0.321 e. The van der Waals surface area contributed by atoms with E-state index in [4.69, 9.17) is 21.1 Å². The lowest BCUT2D eigenvalue weighted by molar-refractivity contribution is -0.122. The van der Waals surface area contributed by atoms with Gasteiger partial charge in [0.15, 0.2) is 6.61 Å². The second-order valence-corrected chi connectivity index (χ2v) is 4.99. The lowest BCUT2D eigenvalue weighted by Gasteiger charge is -2.10. The molecule has 1 aromatic rings. The van der Waals surface area contributed by atoms with E-state index in [1.165, 1.54) is 0 Å². The lowest BCUT2D eigenvalue weighted by Crippen LogP contribution is -2.42. The van der Waals surface area contributed by atoms with Gasteiger partial charge in [-0.2, -0.15) is 0 Å². The van der Waals surface area contributed by atoms with Crippen LogP contribution in [0.25, 0.3) is 0 Å². The number of benzene rings is 1. The molecule has 3 amide bonds. The number of hydrogen-bond donors (Lipinski definition) is 2. The molecule has 0 aromatic heterocycles. The Labute approximate surface area is 135 Å². The Morgan fingerprint density at radius 3 is 2.77 bits per heavy atom. The van der Waals surface area contributed by atoms with Crippen LogP contribution in [0.2, 0.25) is 5.02 Å². The molecular weight excluding hydrogens is 308 g/mol. The molecule has 0 radical (unpaired) electrons. The van der Waals surface area contributed by atoms with Crippen molar-refractivity contribution in [2.75, 3.05) is 26.4 Å². The van der Waals surface area contributed by atoms with Crippen LogP contribution in [0.15, 0.2) is 18.2 Å². The summed E-state index contributed by atoms with van der Waals surface area (Å²) in [7, 11) is 0. The molecular formula is C15H21ClN2O4. The first-order valence-electron chi connectivity index (χ1n) is 7.07. The molecule has 2 N–H and O–H groups in total. The van der Waals surface area contributed by atoms with Crippen LogP contribution in [-0.4, -0.2) is 38.3 Å².